The number of phenols is 1. The Kier molecular flexibility index (Phi) is 9.53. The van der Waals surface area contributed by atoms with Crippen LogP contribution in [0.25, 0.3) is 6.08 Å². The van der Waals surface area contributed by atoms with Crippen molar-refractivity contribution in [3.63, 3.8) is 0 Å². The molecule has 3 rings (SSSR count). The highest BCUT2D eigenvalue weighted by molar-refractivity contribution is 6.05. The summed E-state index contributed by atoms with van der Waals surface area (Å²) in [5, 5.41) is 31.9. The minimum atomic E-state index is -0.773. The van der Waals surface area contributed by atoms with Crippen LogP contribution in [0, 0.1) is 31.6 Å². The smallest absolute Gasteiger partial charge is 0.233 e. The first-order chi connectivity index (χ1) is 17.2. The second kappa shape index (κ2) is 12.2. The highest BCUT2D eigenvalue weighted by Gasteiger charge is 2.54. The molecule has 0 unspecified atom stereocenters. The molecule has 2 amide bonds. The third kappa shape index (κ3) is 5.60. The molecule has 36 heavy (non-hydrogen) atoms. The molecule has 1 saturated heterocycles. The molecule has 1 heterocycles. The molecule has 1 aliphatic carbocycles. The second-order valence-electron chi connectivity index (χ2n) is 10.5. The number of imide groups is 1. The van der Waals surface area contributed by atoms with Gasteiger partial charge in [-0.2, -0.15) is 0 Å². The van der Waals surface area contributed by atoms with Crippen LogP contribution in [0.1, 0.15) is 82.4 Å². The number of benzene rings is 1. The van der Waals surface area contributed by atoms with E-state index in [0.717, 1.165) is 40.7 Å². The van der Waals surface area contributed by atoms with Gasteiger partial charge in [-0.15, -0.1) is 0 Å². The molecule has 0 radical (unpaired) electrons. The number of aliphatic hydroxyl groups is 2. The van der Waals surface area contributed by atoms with E-state index in [1.165, 1.54) is 10.5 Å². The van der Waals surface area contributed by atoms with Crippen LogP contribution in [0.4, 0.5) is 0 Å². The van der Waals surface area contributed by atoms with E-state index >= 15 is 0 Å². The van der Waals surface area contributed by atoms with E-state index in [-0.39, 0.29) is 18.4 Å². The van der Waals surface area contributed by atoms with Crippen LogP contribution in [0.15, 0.2) is 28.9 Å². The number of hydrogen-bond donors (Lipinski definition) is 3. The Morgan fingerprint density at radius 3 is 2.31 bits per heavy atom. The molecule has 0 spiro atoms. The lowest BCUT2D eigenvalue weighted by molar-refractivity contribution is -0.140. The van der Waals surface area contributed by atoms with Gasteiger partial charge in [-0.1, -0.05) is 44.4 Å². The number of nitrogens with zero attached hydrogens (tertiary/aromatic N) is 1. The molecular formula is C30H43NO5. The summed E-state index contributed by atoms with van der Waals surface area (Å²) in [5.41, 5.74) is 5.71. The minimum absolute atomic E-state index is 0.127. The van der Waals surface area contributed by atoms with E-state index in [0.29, 0.717) is 44.4 Å². The van der Waals surface area contributed by atoms with Gasteiger partial charge in [0.25, 0.3) is 0 Å². The monoisotopic (exact) mass is 497 g/mol. The normalized spacial score (nSPS) is 23.5. The van der Waals surface area contributed by atoms with E-state index < -0.39 is 23.9 Å². The van der Waals surface area contributed by atoms with Crippen LogP contribution in [0.5, 0.6) is 5.75 Å². The molecule has 0 saturated carbocycles. The number of carbonyl (C=O) groups excluding carboxylic acids is 2. The number of fused-ring (bicyclic) bond motifs is 1. The molecule has 6 heteroatoms. The van der Waals surface area contributed by atoms with Crippen LogP contribution in [0.2, 0.25) is 0 Å². The van der Waals surface area contributed by atoms with Gasteiger partial charge < -0.3 is 15.3 Å². The van der Waals surface area contributed by atoms with Crippen molar-refractivity contribution < 1.29 is 24.9 Å². The average molecular weight is 498 g/mol. The van der Waals surface area contributed by atoms with Crippen molar-refractivity contribution in [2.45, 2.75) is 85.7 Å². The first-order valence-electron chi connectivity index (χ1n) is 13.5. The van der Waals surface area contributed by atoms with E-state index in [4.69, 9.17) is 0 Å². The predicted octanol–water partition coefficient (Wildman–Crippen LogP) is 5.06. The molecule has 6 nitrogen and oxygen atoms in total. The molecule has 1 aliphatic heterocycles. The summed E-state index contributed by atoms with van der Waals surface area (Å²) in [7, 11) is 0. The maximum absolute atomic E-state index is 13.2. The molecule has 2 aliphatic rings. The van der Waals surface area contributed by atoms with Crippen molar-refractivity contribution in [2.24, 2.45) is 17.8 Å². The Balaban J connectivity index is 1.85. The molecule has 198 valence electrons. The lowest BCUT2D eigenvalue weighted by Crippen LogP contribution is -2.39. The number of aliphatic hydroxyl groups excluding tert-OH is 2. The lowest BCUT2D eigenvalue weighted by Gasteiger charge is -2.36. The number of aromatic hydroxyl groups is 1. The average Bonchev–Trinajstić information content (AvgIpc) is 3.09. The molecule has 1 aromatic carbocycles. The van der Waals surface area contributed by atoms with E-state index in [2.05, 4.69) is 13.0 Å². The Hall–Kier alpha value is -2.44. The summed E-state index contributed by atoms with van der Waals surface area (Å²) in [6.45, 7) is 10.0. The SMILES string of the molecule is CCC/C(=C\c1cc(C)c(O)c(C)c1)CC[C@@H](O)C1=C(CC)C[C@H]2C(=O)N(CCC)C(=O)[C@H]2[C@H]1CO. The fourth-order valence-electron chi connectivity index (χ4n) is 6.18. The molecular weight excluding hydrogens is 454 g/mol. The molecule has 0 aromatic heterocycles. The van der Waals surface area contributed by atoms with Gasteiger partial charge in [-0.05, 0) is 86.8 Å². The quantitative estimate of drug-likeness (QED) is 0.293. The number of aryl methyl sites for hydroxylation is 2. The second-order valence-corrected chi connectivity index (χ2v) is 10.5. The number of likely N-dealkylation sites (tertiary alicyclic amines) is 1. The lowest BCUT2D eigenvalue weighted by atomic mass is 9.67. The topological polar surface area (TPSA) is 98.1 Å². The Labute approximate surface area is 215 Å². The Morgan fingerprint density at radius 1 is 1.08 bits per heavy atom. The molecule has 1 aromatic rings. The third-order valence-electron chi connectivity index (χ3n) is 7.90. The summed E-state index contributed by atoms with van der Waals surface area (Å²) in [4.78, 5) is 27.5. The maximum atomic E-state index is 13.2. The fraction of sp³-hybridized carbons (Fsp3) is 0.600. The van der Waals surface area contributed by atoms with Gasteiger partial charge in [-0.3, -0.25) is 14.5 Å². The molecule has 3 N–H and O–H groups in total. The van der Waals surface area contributed by atoms with Gasteiger partial charge in [0, 0.05) is 12.5 Å². The van der Waals surface area contributed by atoms with Crippen molar-refractivity contribution in [3.05, 3.63) is 45.5 Å². The van der Waals surface area contributed by atoms with Gasteiger partial charge in [0.2, 0.25) is 11.8 Å². The van der Waals surface area contributed by atoms with Gasteiger partial charge in [0.15, 0.2) is 0 Å². The third-order valence-corrected chi connectivity index (χ3v) is 7.90. The van der Waals surface area contributed by atoms with Crippen LogP contribution in [-0.4, -0.2) is 51.3 Å². The summed E-state index contributed by atoms with van der Waals surface area (Å²) < 4.78 is 0. The number of rotatable bonds is 11. The first kappa shape index (κ1) is 28.1. The number of phenolic OH excluding ortho intramolecular Hbond substituents is 1. The molecule has 0 bridgehead atoms. The van der Waals surface area contributed by atoms with Gasteiger partial charge in [0.1, 0.15) is 5.75 Å². The van der Waals surface area contributed by atoms with Gasteiger partial charge in [-0.25, -0.2) is 0 Å². The zero-order valence-electron chi connectivity index (χ0n) is 22.5. The number of carbonyl (C=O) groups is 2. The first-order valence-corrected chi connectivity index (χ1v) is 13.5. The predicted molar refractivity (Wildman–Crippen MR) is 142 cm³/mol. The number of amides is 2. The number of allylic oxidation sites excluding steroid dienone is 2. The standard InChI is InChI=1S/C30H43NO5/c1-6-9-20(15-21-13-18(4)28(34)19(5)14-21)10-11-25(33)26-22(8-3)16-23-27(24(26)17-32)30(36)31(12-7-2)29(23)35/h13-15,23-25,27,32-34H,6-12,16-17H2,1-5H3/b20-15+/t23-,24+,25-,27-/m1/s1. The van der Waals surface area contributed by atoms with Crippen molar-refractivity contribution in [2.75, 3.05) is 13.2 Å². The van der Waals surface area contributed by atoms with Crippen molar-refractivity contribution >= 4 is 17.9 Å². The fourth-order valence-corrected chi connectivity index (χ4v) is 6.18. The van der Waals surface area contributed by atoms with E-state index in [1.54, 1.807) is 0 Å². The molecule has 1 fully saturated rings. The maximum Gasteiger partial charge on any atom is 0.233 e. The van der Waals surface area contributed by atoms with Crippen LogP contribution in [0.3, 0.4) is 0 Å². The Morgan fingerprint density at radius 2 is 1.75 bits per heavy atom. The van der Waals surface area contributed by atoms with E-state index in [9.17, 15) is 24.9 Å². The summed E-state index contributed by atoms with van der Waals surface area (Å²) in [5.74, 6) is -1.53. The Bertz CT molecular complexity index is 1020. The summed E-state index contributed by atoms with van der Waals surface area (Å²) >= 11 is 0. The van der Waals surface area contributed by atoms with E-state index in [1.807, 2.05) is 39.8 Å². The van der Waals surface area contributed by atoms with Crippen molar-refractivity contribution in [1.82, 2.24) is 4.90 Å². The van der Waals surface area contributed by atoms with Gasteiger partial charge in [0.05, 0.1) is 24.5 Å². The van der Waals surface area contributed by atoms with Crippen LogP contribution < -0.4 is 0 Å². The van der Waals surface area contributed by atoms with Crippen LogP contribution in [-0.2, 0) is 9.59 Å². The zero-order chi connectivity index (χ0) is 26.6. The highest BCUT2D eigenvalue weighted by Crippen LogP contribution is 2.47. The zero-order valence-corrected chi connectivity index (χ0v) is 22.5. The summed E-state index contributed by atoms with van der Waals surface area (Å²) in [6, 6.07) is 3.94. The minimum Gasteiger partial charge on any atom is -0.507 e. The largest absolute Gasteiger partial charge is 0.507 e. The molecule has 4 atom stereocenters. The van der Waals surface area contributed by atoms with Crippen molar-refractivity contribution in [1.29, 1.82) is 0 Å². The van der Waals surface area contributed by atoms with Gasteiger partial charge >= 0.3 is 0 Å². The van der Waals surface area contributed by atoms with Crippen LogP contribution >= 0.6 is 0 Å². The highest BCUT2D eigenvalue weighted by atomic mass is 16.3. The summed E-state index contributed by atoms with van der Waals surface area (Å²) in [6.07, 6.45) is 6.31. The number of hydrogen-bond acceptors (Lipinski definition) is 5. The van der Waals surface area contributed by atoms with Crippen molar-refractivity contribution in [3.8, 4) is 5.75 Å².